The molecule has 0 bridgehead atoms. The van der Waals surface area contributed by atoms with E-state index in [2.05, 4.69) is 6.92 Å². The van der Waals surface area contributed by atoms with Gasteiger partial charge in [0, 0.05) is 0 Å². The van der Waals surface area contributed by atoms with Gasteiger partial charge < -0.3 is 5.73 Å². The number of hydrogen-bond donors (Lipinski definition) is 1. The Bertz CT molecular complexity index is 52.5. The highest BCUT2D eigenvalue weighted by Crippen LogP contribution is 1.93. The lowest BCUT2D eigenvalue weighted by molar-refractivity contribution is 0.284. The summed E-state index contributed by atoms with van der Waals surface area (Å²) in [5.74, 6) is 0. The summed E-state index contributed by atoms with van der Waals surface area (Å²) < 4.78 is 0. The molecule has 2 N–H and O–H groups in total. The van der Waals surface area contributed by atoms with Crippen molar-refractivity contribution in [1.82, 2.24) is 4.90 Å². The Morgan fingerprint density at radius 1 is 1.50 bits per heavy atom. The van der Waals surface area contributed by atoms with Crippen molar-refractivity contribution in [2.75, 3.05) is 14.1 Å². The average molecular weight is 116 g/mol. The van der Waals surface area contributed by atoms with E-state index in [1.807, 2.05) is 19.0 Å². The zero-order valence-corrected chi connectivity index (χ0v) is 6.02. The molecule has 0 saturated carbocycles. The first-order chi connectivity index (χ1) is 3.68. The third-order valence-corrected chi connectivity index (χ3v) is 1.25. The molecule has 0 aromatic carbocycles. The fraction of sp³-hybridized carbons (Fsp3) is 1.00. The molecular weight excluding hydrogens is 100 g/mol. The molecule has 50 valence electrons. The van der Waals surface area contributed by atoms with Crippen molar-refractivity contribution in [1.29, 1.82) is 0 Å². The van der Waals surface area contributed by atoms with Crippen LogP contribution in [0.4, 0.5) is 0 Å². The SMILES string of the molecule is CCCC(N)N(C)C. The maximum Gasteiger partial charge on any atom is 0.0566 e. The summed E-state index contributed by atoms with van der Waals surface area (Å²) in [5, 5.41) is 0. The van der Waals surface area contributed by atoms with Crippen LogP contribution in [0.25, 0.3) is 0 Å². The molecular formula is C6H16N2. The molecule has 0 aromatic rings. The van der Waals surface area contributed by atoms with E-state index in [1.165, 1.54) is 6.42 Å². The smallest absolute Gasteiger partial charge is 0.0566 e. The van der Waals surface area contributed by atoms with E-state index < -0.39 is 0 Å². The Kier molecular flexibility index (Phi) is 3.83. The molecule has 1 unspecified atom stereocenters. The summed E-state index contributed by atoms with van der Waals surface area (Å²) in [6.45, 7) is 2.14. The Labute approximate surface area is 51.7 Å². The van der Waals surface area contributed by atoms with Gasteiger partial charge in [-0.25, -0.2) is 0 Å². The number of hydrogen-bond acceptors (Lipinski definition) is 2. The van der Waals surface area contributed by atoms with E-state index in [0.29, 0.717) is 0 Å². The summed E-state index contributed by atoms with van der Waals surface area (Å²) in [6, 6.07) is 0. The van der Waals surface area contributed by atoms with Crippen LogP contribution in [0.15, 0.2) is 0 Å². The summed E-state index contributed by atoms with van der Waals surface area (Å²) in [4.78, 5) is 2.03. The van der Waals surface area contributed by atoms with Gasteiger partial charge in [-0.1, -0.05) is 13.3 Å². The lowest BCUT2D eigenvalue weighted by atomic mass is 10.3. The van der Waals surface area contributed by atoms with Crippen LogP contribution >= 0.6 is 0 Å². The third kappa shape index (κ3) is 2.99. The Balaban J connectivity index is 3.17. The van der Waals surface area contributed by atoms with Crippen molar-refractivity contribution in [3.05, 3.63) is 0 Å². The van der Waals surface area contributed by atoms with E-state index in [1.54, 1.807) is 0 Å². The van der Waals surface area contributed by atoms with Gasteiger partial charge in [0.2, 0.25) is 0 Å². The van der Waals surface area contributed by atoms with E-state index in [0.717, 1.165) is 6.42 Å². The molecule has 0 fully saturated rings. The van der Waals surface area contributed by atoms with E-state index in [-0.39, 0.29) is 6.17 Å². The first-order valence-corrected chi connectivity index (χ1v) is 3.10. The second-order valence-corrected chi connectivity index (χ2v) is 2.32. The molecule has 0 radical (unpaired) electrons. The predicted octanol–water partition coefficient (Wildman–Crippen LogP) is 0.633. The molecule has 0 spiro atoms. The highest BCUT2D eigenvalue weighted by Gasteiger charge is 2.00. The summed E-state index contributed by atoms with van der Waals surface area (Å²) in [7, 11) is 4.00. The summed E-state index contributed by atoms with van der Waals surface area (Å²) in [6.07, 6.45) is 2.51. The van der Waals surface area contributed by atoms with Crippen LogP contribution in [0.2, 0.25) is 0 Å². The zero-order valence-electron chi connectivity index (χ0n) is 6.02. The molecule has 0 aromatic heterocycles. The Morgan fingerprint density at radius 2 is 2.00 bits per heavy atom. The van der Waals surface area contributed by atoms with Gasteiger partial charge in [0.25, 0.3) is 0 Å². The van der Waals surface area contributed by atoms with Crippen molar-refractivity contribution in [3.63, 3.8) is 0 Å². The van der Waals surface area contributed by atoms with E-state index in [9.17, 15) is 0 Å². The molecule has 0 amide bonds. The van der Waals surface area contributed by atoms with Crippen LogP contribution < -0.4 is 5.73 Å². The number of rotatable bonds is 3. The van der Waals surface area contributed by atoms with Gasteiger partial charge in [0.1, 0.15) is 0 Å². The number of nitrogens with zero attached hydrogens (tertiary/aromatic N) is 1. The average Bonchev–Trinajstić information content (AvgIpc) is 1.67. The van der Waals surface area contributed by atoms with Crippen molar-refractivity contribution in [2.24, 2.45) is 5.73 Å². The van der Waals surface area contributed by atoms with Crippen LogP contribution in [-0.2, 0) is 0 Å². The van der Waals surface area contributed by atoms with Crippen molar-refractivity contribution in [2.45, 2.75) is 25.9 Å². The van der Waals surface area contributed by atoms with Crippen LogP contribution in [0.1, 0.15) is 19.8 Å². The van der Waals surface area contributed by atoms with Crippen LogP contribution in [0.5, 0.6) is 0 Å². The predicted molar refractivity (Wildman–Crippen MR) is 36.6 cm³/mol. The fourth-order valence-electron chi connectivity index (χ4n) is 0.554. The lowest BCUT2D eigenvalue weighted by Gasteiger charge is -2.17. The number of nitrogens with two attached hydrogens (primary N) is 1. The fourth-order valence-corrected chi connectivity index (χ4v) is 0.554. The van der Waals surface area contributed by atoms with Gasteiger partial charge >= 0.3 is 0 Å². The molecule has 2 nitrogen and oxygen atoms in total. The van der Waals surface area contributed by atoms with Gasteiger partial charge in [-0.05, 0) is 20.5 Å². The maximum absolute atomic E-state index is 5.65. The molecule has 2 heteroatoms. The van der Waals surface area contributed by atoms with Gasteiger partial charge in [-0.3, -0.25) is 4.90 Å². The summed E-state index contributed by atoms with van der Waals surface area (Å²) in [5.41, 5.74) is 5.65. The van der Waals surface area contributed by atoms with Gasteiger partial charge in [-0.2, -0.15) is 0 Å². The van der Waals surface area contributed by atoms with Crippen LogP contribution in [0, 0.1) is 0 Å². The molecule has 0 aliphatic rings. The maximum atomic E-state index is 5.65. The zero-order chi connectivity index (χ0) is 6.57. The molecule has 1 atom stereocenters. The quantitative estimate of drug-likeness (QED) is 0.548. The Hall–Kier alpha value is -0.0800. The van der Waals surface area contributed by atoms with Crippen LogP contribution in [-0.4, -0.2) is 25.2 Å². The van der Waals surface area contributed by atoms with E-state index in [4.69, 9.17) is 5.73 Å². The third-order valence-electron chi connectivity index (χ3n) is 1.25. The standard InChI is InChI=1S/C6H16N2/c1-4-5-6(7)8(2)3/h6H,4-5,7H2,1-3H3. The lowest BCUT2D eigenvalue weighted by Crippen LogP contribution is -2.35. The second kappa shape index (κ2) is 3.87. The monoisotopic (exact) mass is 116 g/mol. The topological polar surface area (TPSA) is 29.3 Å². The minimum absolute atomic E-state index is 0.250. The summed E-state index contributed by atoms with van der Waals surface area (Å²) >= 11 is 0. The van der Waals surface area contributed by atoms with Crippen molar-refractivity contribution in [3.8, 4) is 0 Å². The highest BCUT2D eigenvalue weighted by molar-refractivity contribution is 4.54. The highest BCUT2D eigenvalue weighted by atomic mass is 15.2. The first-order valence-electron chi connectivity index (χ1n) is 3.10. The van der Waals surface area contributed by atoms with Crippen LogP contribution in [0.3, 0.4) is 0 Å². The second-order valence-electron chi connectivity index (χ2n) is 2.32. The van der Waals surface area contributed by atoms with E-state index >= 15 is 0 Å². The molecule has 0 rings (SSSR count). The first kappa shape index (κ1) is 7.92. The molecule has 0 aliphatic carbocycles. The molecule has 0 saturated heterocycles. The molecule has 0 aliphatic heterocycles. The minimum atomic E-state index is 0.250. The van der Waals surface area contributed by atoms with Gasteiger partial charge in [0.15, 0.2) is 0 Å². The van der Waals surface area contributed by atoms with Crippen molar-refractivity contribution >= 4 is 0 Å². The normalized spacial score (nSPS) is 14.6. The molecule has 0 heterocycles. The van der Waals surface area contributed by atoms with Crippen molar-refractivity contribution < 1.29 is 0 Å². The Morgan fingerprint density at radius 3 is 2.12 bits per heavy atom. The van der Waals surface area contributed by atoms with Gasteiger partial charge in [0.05, 0.1) is 6.17 Å². The minimum Gasteiger partial charge on any atom is -0.316 e. The largest absolute Gasteiger partial charge is 0.316 e. The molecule has 8 heavy (non-hydrogen) atoms. The van der Waals surface area contributed by atoms with Gasteiger partial charge in [-0.15, -0.1) is 0 Å².